The second-order valence-corrected chi connectivity index (χ2v) is 6.65. The smallest absolute Gasteiger partial charge is 0.246 e. The monoisotopic (exact) mass is 316 g/mol. The molecule has 2 aliphatic rings. The lowest BCUT2D eigenvalue weighted by atomic mass is 10.1. The van der Waals surface area contributed by atoms with Crippen molar-refractivity contribution >= 4 is 17.5 Å². The third-order valence-corrected chi connectivity index (χ3v) is 4.87. The molecular formula is C18H24N2O3. The summed E-state index contributed by atoms with van der Waals surface area (Å²) in [4.78, 5) is 28.7. The fraction of sp³-hybridized carbons (Fsp3) is 0.556. The topological polar surface area (TPSA) is 60.9 Å². The fourth-order valence-electron chi connectivity index (χ4n) is 3.93. The zero-order chi connectivity index (χ0) is 16.6. The maximum absolute atomic E-state index is 13.1. The highest BCUT2D eigenvalue weighted by Crippen LogP contribution is 2.34. The summed E-state index contributed by atoms with van der Waals surface area (Å²) in [6, 6.07) is 7.36. The summed E-state index contributed by atoms with van der Waals surface area (Å²) in [5.74, 6) is -0.0841. The largest absolute Gasteiger partial charge is 0.393 e. The van der Waals surface area contributed by atoms with Gasteiger partial charge in [-0.15, -0.1) is 0 Å². The summed E-state index contributed by atoms with van der Waals surface area (Å²) >= 11 is 0. The molecule has 5 heteroatoms. The van der Waals surface area contributed by atoms with Gasteiger partial charge in [-0.2, -0.15) is 0 Å². The minimum atomic E-state index is -0.445. The third kappa shape index (κ3) is 2.98. The number of benzene rings is 1. The Morgan fingerprint density at radius 3 is 2.78 bits per heavy atom. The molecule has 0 radical (unpaired) electrons. The number of carbonyl (C=O) groups excluding carboxylic acids is 2. The molecule has 1 fully saturated rings. The van der Waals surface area contributed by atoms with E-state index in [4.69, 9.17) is 0 Å². The minimum Gasteiger partial charge on any atom is -0.393 e. The van der Waals surface area contributed by atoms with E-state index in [1.165, 1.54) is 6.92 Å². The standard InChI is InChI=1S/C18H24N2O3/c1-12(21)10-15-7-5-9-19(15)18(23)17-11-14-6-3-4-8-16(14)20(17)13(2)22/h3-4,6,8,12,15,17,21H,5,7,9-11H2,1-2H3/t12?,15?,17-/m0/s1. The Kier molecular flexibility index (Phi) is 4.39. The van der Waals surface area contributed by atoms with Crippen molar-refractivity contribution < 1.29 is 14.7 Å². The summed E-state index contributed by atoms with van der Waals surface area (Å²) in [5.41, 5.74) is 1.90. The highest BCUT2D eigenvalue weighted by molar-refractivity contribution is 6.02. The first-order valence-electron chi connectivity index (χ1n) is 8.35. The number of carbonyl (C=O) groups is 2. The average molecular weight is 316 g/mol. The van der Waals surface area contributed by atoms with Crippen molar-refractivity contribution in [2.75, 3.05) is 11.4 Å². The molecule has 2 amide bonds. The first-order chi connectivity index (χ1) is 11.0. The molecule has 0 aliphatic carbocycles. The van der Waals surface area contributed by atoms with Crippen LogP contribution in [0.3, 0.4) is 0 Å². The fourth-order valence-corrected chi connectivity index (χ4v) is 3.93. The van der Waals surface area contributed by atoms with Crippen LogP contribution in [0.15, 0.2) is 24.3 Å². The van der Waals surface area contributed by atoms with E-state index in [9.17, 15) is 14.7 Å². The van der Waals surface area contributed by atoms with Crippen molar-refractivity contribution in [3.63, 3.8) is 0 Å². The van der Waals surface area contributed by atoms with Gasteiger partial charge in [-0.25, -0.2) is 0 Å². The molecule has 1 saturated heterocycles. The second-order valence-electron chi connectivity index (χ2n) is 6.65. The molecule has 1 N–H and O–H groups in total. The van der Waals surface area contributed by atoms with Crippen LogP contribution in [-0.4, -0.2) is 46.6 Å². The number of aliphatic hydroxyl groups excluding tert-OH is 1. The molecule has 2 heterocycles. The summed E-state index contributed by atoms with van der Waals surface area (Å²) in [5, 5.41) is 9.66. The van der Waals surface area contributed by atoms with E-state index in [0.717, 1.165) is 30.6 Å². The number of hydrogen-bond donors (Lipinski definition) is 1. The van der Waals surface area contributed by atoms with Crippen LogP contribution in [0, 0.1) is 0 Å². The normalized spacial score (nSPS) is 24.7. The predicted octanol–water partition coefficient (Wildman–Crippen LogP) is 1.73. The van der Waals surface area contributed by atoms with Crippen LogP contribution in [-0.2, 0) is 16.0 Å². The Hall–Kier alpha value is -1.88. The zero-order valence-corrected chi connectivity index (χ0v) is 13.7. The van der Waals surface area contributed by atoms with Crippen LogP contribution in [0.2, 0.25) is 0 Å². The molecule has 0 spiro atoms. The lowest BCUT2D eigenvalue weighted by Crippen LogP contribution is -2.50. The van der Waals surface area contributed by atoms with Gasteiger partial charge in [0.05, 0.1) is 6.10 Å². The number of nitrogens with zero attached hydrogens (tertiary/aromatic N) is 2. The maximum Gasteiger partial charge on any atom is 0.246 e. The summed E-state index contributed by atoms with van der Waals surface area (Å²) in [6.45, 7) is 3.99. The number of amides is 2. The molecule has 1 aromatic carbocycles. The number of hydrogen-bond acceptors (Lipinski definition) is 3. The van der Waals surface area contributed by atoms with Crippen LogP contribution >= 0.6 is 0 Å². The average Bonchev–Trinajstić information content (AvgIpc) is 3.09. The molecule has 2 aliphatic heterocycles. The number of aliphatic hydroxyl groups is 1. The van der Waals surface area contributed by atoms with Gasteiger partial charge in [-0.05, 0) is 37.8 Å². The Labute approximate surface area is 136 Å². The first kappa shape index (κ1) is 16.0. The molecule has 2 unspecified atom stereocenters. The van der Waals surface area contributed by atoms with Gasteiger partial charge in [-0.3, -0.25) is 14.5 Å². The van der Waals surface area contributed by atoms with Gasteiger partial charge in [0, 0.05) is 31.6 Å². The van der Waals surface area contributed by atoms with Crippen molar-refractivity contribution in [2.45, 2.75) is 57.7 Å². The van der Waals surface area contributed by atoms with E-state index in [1.807, 2.05) is 29.2 Å². The summed E-state index contributed by atoms with van der Waals surface area (Å²) < 4.78 is 0. The lowest BCUT2D eigenvalue weighted by Gasteiger charge is -2.31. The van der Waals surface area contributed by atoms with Crippen LogP contribution in [0.5, 0.6) is 0 Å². The van der Waals surface area contributed by atoms with Gasteiger partial charge in [0.1, 0.15) is 6.04 Å². The van der Waals surface area contributed by atoms with Gasteiger partial charge in [0.15, 0.2) is 0 Å². The van der Waals surface area contributed by atoms with E-state index < -0.39 is 12.1 Å². The summed E-state index contributed by atoms with van der Waals surface area (Å²) in [7, 11) is 0. The van der Waals surface area contributed by atoms with Crippen LogP contribution in [0.1, 0.15) is 38.7 Å². The van der Waals surface area contributed by atoms with Crippen molar-refractivity contribution in [3.05, 3.63) is 29.8 Å². The molecule has 23 heavy (non-hydrogen) atoms. The number of para-hydroxylation sites is 1. The zero-order valence-electron chi connectivity index (χ0n) is 13.7. The predicted molar refractivity (Wildman–Crippen MR) is 88.1 cm³/mol. The number of likely N-dealkylation sites (tertiary alicyclic amines) is 1. The molecule has 3 rings (SSSR count). The first-order valence-corrected chi connectivity index (χ1v) is 8.35. The summed E-state index contributed by atoms with van der Waals surface area (Å²) in [6.07, 6.45) is 2.65. The van der Waals surface area contributed by atoms with Crippen molar-refractivity contribution in [2.24, 2.45) is 0 Å². The lowest BCUT2D eigenvalue weighted by molar-refractivity contribution is -0.135. The number of fused-ring (bicyclic) bond motifs is 1. The van der Waals surface area contributed by atoms with Gasteiger partial charge >= 0.3 is 0 Å². The molecule has 1 aromatic rings. The molecule has 0 aromatic heterocycles. The Morgan fingerprint density at radius 2 is 2.09 bits per heavy atom. The minimum absolute atomic E-state index is 0.0135. The van der Waals surface area contributed by atoms with Gasteiger partial charge < -0.3 is 10.0 Å². The van der Waals surface area contributed by atoms with Gasteiger partial charge in [0.2, 0.25) is 11.8 Å². The molecule has 3 atom stereocenters. The van der Waals surface area contributed by atoms with Crippen LogP contribution < -0.4 is 4.90 Å². The van der Waals surface area contributed by atoms with E-state index >= 15 is 0 Å². The van der Waals surface area contributed by atoms with E-state index in [1.54, 1.807) is 11.8 Å². The quantitative estimate of drug-likeness (QED) is 0.924. The van der Waals surface area contributed by atoms with Crippen molar-refractivity contribution in [1.82, 2.24) is 4.90 Å². The Bertz CT molecular complexity index is 614. The second kappa shape index (κ2) is 6.32. The van der Waals surface area contributed by atoms with E-state index in [2.05, 4.69) is 0 Å². The van der Waals surface area contributed by atoms with Crippen molar-refractivity contribution in [3.8, 4) is 0 Å². The number of anilines is 1. The molecule has 5 nitrogen and oxygen atoms in total. The van der Waals surface area contributed by atoms with E-state index in [0.29, 0.717) is 12.8 Å². The molecule has 124 valence electrons. The highest BCUT2D eigenvalue weighted by atomic mass is 16.3. The van der Waals surface area contributed by atoms with Crippen LogP contribution in [0.4, 0.5) is 5.69 Å². The molecule has 0 saturated carbocycles. The number of rotatable bonds is 3. The SMILES string of the molecule is CC(=O)N1c2ccccc2C[C@H]1C(=O)N1CCCC1CC(C)O. The Balaban J connectivity index is 1.83. The van der Waals surface area contributed by atoms with Gasteiger partial charge in [0.25, 0.3) is 0 Å². The molecular weight excluding hydrogens is 292 g/mol. The maximum atomic E-state index is 13.1. The van der Waals surface area contributed by atoms with Crippen LogP contribution in [0.25, 0.3) is 0 Å². The molecule has 0 bridgehead atoms. The van der Waals surface area contributed by atoms with Gasteiger partial charge in [-0.1, -0.05) is 18.2 Å². The highest BCUT2D eigenvalue weighted by Gasteiger charge is 2.41. The van der Waals surface area contributed by atoms with E-state index in [-0.39, 0.29) is 17.9 Å². The Morgan fingerprint density at radius 1 is 1.35 bits per heavy atom. The van der Waals surface area contributed by atoms with Crippen molar-refractivity contribution in [1.29, 1.82) is 0 Å². The third-order valence-electron chi connectivity index (χ3n) is 4.87.